The Labute approximate surface area is 134 Å². The van der Waals surface area contributed by atoms with Crippen molar-refractivity contribution < 1.29 is 24.2 Å². The number of carboxylic acid groups (broad SMARTS) is 1. The van der Waals surface area contributed by atoms with Gasteiger partial charge in [-0.25, -0.2) is 4.79 Å². The van der Waals surface area contributed by atoms with Gasteiger partial charge in [-0.1, -0.05) is 6.92 Å². The number of anilines is 1. The van der Waals surface area contributed by atoms with E-state index < -0.39 is 18.0 Å². The lowest BCUT2D eigenvalue weighted by molar-refractivity contribution is -0.148. The van der Waals surface area contributed by atoms with E-state index >= 15 is 0 Å². The third-order valence-corrected chi connectivity index (χ3v) is 3.87. The van der Waals surface area contributed by atoms with E-state index in [1.165, 1.54) is 7.11 Å². The Balaban J connectivity index is 1.87. The van der Waals surface area contributed by atoms with E-state index in [1.54, 1.807) is 24.3 Å². The lowest BCUT2D eigenvalue weighted by atomic mass is 10.2. The number of nitrogens with one attached hydrogen (secondary N) is 2. The molecule has 3 unspecified atom stereocenters. The summed E-state index contributed by atoms with van der Waals surface area (Å²) in [5.41, 5.74) is 1.01. The molecule has 0 heterocycles. The Kier molecular flexibility index (Phi) is 5.33. The van der Waals surface area contributed by atoms with Crippen LogP contribution in [0.15, 0.2) is 24.3 Å². The summed E-state index contributed by atoms with van der Waals surface area (Å²) in [6.45, 7) is 1.91. The number of amides is 2. The summed E-state index contributed by atoms with van der Waals surface area (Å²) >= 11 is 0. The molecule has 2 amide bonds. The second-order valence-corrected chi connectivity index (χ2v) is 5.66. The summed E-state index contributed by atoms with van der Waals surface area (Å²) in [5.74, 6) is -1.02. The zero-order chi connectivity index (χ0) is 17.0. The van der Waals surface area contributed by atoms with Gasteiger partial charge >= 0.3 is 5.97 Å². The first kappa shape index (κ1) is 17.0. The number of methoxy groups -OCH3 is 1. The molecule has 0 radical (unpaired) electrons. The van der Waals surface area contributed by atoms with E-state index in [9.17, 15) is 14.4 Å². The maximum atomic E-state index is 11.9. The van der Waals surface area contributed by atoms with E-state index in [2.05, 4.69) is 10.6 Å². The number of hydrogen-bond acceptors (Lipinski definition) is 4. The zero-order valence-corrected chi connectivity index (χ0v) is 13.0. The highest BCUT2D eigenvalue weighted by Gasteiger charge is 2.39. The van der Waals surface area contributed by atoms with Gasteiger partial charge in [0, 0.05) is 24.3 Å². The van der Waals surface area contributed by atoms with Crippen LogP contribution in [0.25, 0.3) is 0 Å². The molecule has 3 N–H and O–H groups in total. The molecule has 7 heteroatoms. The molecule has 124 valence electrons. The van der Waals surface area contributed by atoms with Gasteiger partial charge in [0.25, 0.3) is 5.91 Å². The summed E-state index contributed by atoms with van der Waals surface area (Å²) < 4.78 is 4.74. The minimum Gasteiger partial charge on any atom is -0.479 e. The zero-order valence-electron chi connectivity index (χ0n) is 13.0. The molecule has 1 aliphatic carbocycles. The average Bonchev–Trinajstić information content (AvgIpc) is 3.25. The highest BCUT2D eigenvalue weighted by atomic mass is 16.5. The second kappa shape index (κ2) is 7.23. The Morgan fingerprint density at radius 1 is 1.30 bits per heavy atom. The van der Waals surface area contributed by atoms with E-state index in [0.29, 0.717) is 17.2 Å². The fourth-order valence-corrected chi connectivity index (χ4v) is 2.19. The SMILES string of the molecule is COC(CNC(=O)c1ccc(NC(=O)C2CC2C)cc1)C(=O)O. The maximum Gasteiger partial charge on any atom is 0.334 e. The van der Waals surface area contributed by atoms with Crippen molar-refractivity contribution in [3.63, 3.8) is 0 Å². The van der Waals surface area contributed by atoms with Crippen molar-refractivity contribution >= 4 is 23.5 Å². The van der Waals surface area contributed by atoms with Crippen molar-refractivity contribution in [1.82, 2.24) is 5.32 Å². The number of carboxylic acids is 1. The fourth-order valence-electron chi connectivity index (χ4n) is 2.19. The van der Waals surface area contributed by atoms with Crippen LogP contribution in [0.3, 0.4) is 0 Å². The van der Waals surface area contributed by atoms with E-state index in [1.807, 2.05) is 6.92 Å². The molecule has 1 saturated carbocycles. The van der Waals surface area contributed by atoms with Crippen LogP contribution < -0.4 is 10.6 Å². The summed E-state index contributed by atoms with van der Waals surface area (Å²) in [6.07, 6.45) is -0.172. The van der Waals surface area contributed by atoms with Crippen LogP contribution in [0, 0.1) is 11.8 Å². The molecule has 3 atom stereocenters. The van der Waals surface area contributed by atoms with Crippen molar-refractivity contribution in [3.8, 4) is 0 Å². The highest BCUT2D eigenvalue weighted by molar-refractivity contribution is 5.97. The topological polar surface area (TPSA) is 105 Å². The Morgan fingerprint density at radius 2 is 1.91 bits per heavy atom. The Morgan fingerprint density at radius 3 is 2.39 bits per heavy atom. The van der Waals surface area contributed by atoms with Crippen LogP contribution in [0.5, 0.6) is 0 Å². The van der Waals surface area contributed by atoms with Crippen molar-refractivity contribution in [2.45, 2.75) is 19.4 Å². The van der Waals surface area contributed by atoms with Gasteiger partial charge in [0.15, 0.2) is 6.10 Å². The van der Waals surface area contributed by atoms with Gasteiger partial charge in [-0.05, 0) is 36.6 Å². The van der Waals surface area contributed by atoms with Gasteiger partial charge in [-0.2, -0.15) is 0 Å². The van der Waals surface area contributed by atoms with Gasteiger partial charge in [0.05, 0.1) is 6.54 Å². The van der Waals surface area contributed by atoms with Crippen LogP contribution in [0.4, 0.5) is 5.69 Å². The predicted octanol–water partition coefficient (Wildman–Crippen LogP) is 1.11. The molecule has 1 aromatic carbocycles. The summed E-state index contributed by atoms with van der Waals surface area (Å²) in [5, 5.41) is 14.1. The van der Waals surface area contributed by atoms with Crippen molar-refractivity contribution in [3.05, 3.63) is 29.8 Å². The molecule has 0 aliphatic heterocycles. The molecule has 0 saturated heterocycles. The van der Waals surface area contributed by atoms with Crippen molar-refractivity contribution in [2.24, 2.45) is 11.8 Å². The number of carbonyl (C=O) groups excluding carboxylic acids is 2. The normalized spacial score (nSPS) is 20.4. The summed E-state index contributed by atoms with van der Waals surface area (Å²) in [4.78, 5) is 34.5. The third-order valence-electron chi connectivity index (χ3n) is 3.87. The first-order valence-corrected chi connectivity index (χ1v) is 7.37. The molecule has 0 aromatic heterocycles. The van der Waals surface area contributed by atoms with E-state index in [0.717, 1.165) is 6.42 Å². The molecular formula is C16H20N2O5. The average molecular weight is 320 g/mol. The number of aliphatic carboxylic acids is 1. The van der Waals surface area contributed by atoms with Gasteiger partial charge in [-0.15, -0.1) is 0 Å². The van der Waals surface area contributed by atoms with Crippen LogP contribution in [0.2, 0.25) is 0 Å². The number of hydrogen-bond donors (Lipinski definition) is 3. The molecule has 7 nitrogen and oxygen atoms in total. The smallest absolute Gasteiger partial charge is 0.334 e. The highest BCUT2D eigenvalue weighted by Crippen LogP contribution is 2.38. The van der Waals surface area contributed by atoms with Crippen LogP contribution >= 0.6 is 0 Å². The van der Waals surface area contributed by atoms with Gasteiger partial charge in [0.1, 0.15) is 0 Å². The fraction of sp³-hybridized carbons (Fsp3) is 0.438. The molecule has 1 aromatic rings. The van der Waals surface area contributed by atoms with E-state index in [4.69, 9.17) is 9.84 Å². The molecular weight excluding hydrogens is 300 g/mol. The van der Waals surface area contributed by atoms with Crippen molar-refractivity contribution in [1.29, 1.82) is 0 Å². The quantitative estimate of drug-likeness (QED) is 0.698. The van der Waals surface area contributed by atoms with E-state index in [-0.39, 0.29) is 18.4 Å². The predicted molar refractivity (Wildman–Crippen MR) is 83.1 cm³/mol. The monoisotopic (exact) mass is 320 g/mol. The number of benzene rings is 1. The minimum atomic E-state index is -1.14. The molecule has 1 aliphatic rings. The summed E-state index contributed by atoms with van der Waals surface area (Å²) in [7, 11) is 1.27. The molecule has 2 rings (SSSR count). The maximum absolute atomic E-state index is 11.9. The lowest BCUT2D eigenvalue weighted by Gasteiger charge is -2.12. The van der Waals surface area contributed by atoms with Crippen LogP contribution in [-0.2, 0) is 14.3 Å². The Hall–Kier alpha value is -2.41. The minimum absolute atomic E-state index is 0.000837. The number of rotatable bonds is 7. The van der Waals surface area contributed by atoms with Crippen LogP contribution in [-0.4, -0.2) is 42.6 Å². The summed E-state index contributed by atoms with van der Waals surface area (Å²) in [6, 6.07) is 6.43. The number of carbonyl (C=O) groups is 3. The number of ether oxygens (including phenoxy) is 1. The van der Waals surface area contributed by atoms with Crippen LogP contribution in [0.1, 0.15) is 23.7 Å². The molecule has 0 bridgehead atoms. The van der Waals surface area contributed by atoms with Crippen molar-refractivity contribution in [2.75, 3.05) is 19.0 Å². The third kappa shape index (κ3) is 4.53. The van der Waals surface area contributed by atoms with Gasteiger partial charge in [0.2, 0.25) is 5.91 Å². The van der Waals surface area contributed by atoms with Gasteiger partial charge in [-0.3, -0.25) is 9.59 Å². The standard InChI is InChI=1S/C16H20N2O5/c1-9-7-12(9)15(20)18-11-5-3-10(4-6-11)14(19)17-8-13(23-2)16(21)22/h3-6,9,12-13H,7-8H2,1-2H3,(H,17,19)(H,18,20)(H,21,22). The Bertz CT molecular complexity index is 599. The lowest BCUT2D eigenvalue weighted by Crippen LogP contribution is -2.37. The molecule has 1 fully saturated rings. The largest absolute Gasteiger partial charge is 0.479 e. The molecule has 0 spiro atoms. The first-order chi connectivity index (χ1) is 10.9. The molecule has 23 heavy (non-hydrogen) atoms. The first-order valence-electron chi connectivity index (χ1n) is 7.37. The second-order valence-electron chi connectivity index (χ2n) is 5.66. The van der Waals surface area contributed by atoms with Gasteiger partial charge < -0.3 is 20.5 Å².